The van der Waals surface area contributed by atoms with Crippen molar-refractivity contribution < 1.29 is 9.47 Å². The fourth-order valence-corrected chi connectivity index (χ4v) is 0.949. The van der Waals surface area contributed by atoms with Crippen LogP contribution in [0, 0.1) is 0 Å². The smallest absolute Gasteiger partial charge is 0.257 e. The summed E-state index contributed by atoms with van der Waals surface area (Å²) in [4.78, 5) is 3.95. The summed E-state index contributed by atoms with van der Waals surface area (Å²) < 4.78 is 10.4. The molecule has 1 aromatic rings. The average Bonchev–Trinajstić information content (AvgIpc) is 2.04. The molecule has 1 aliphatic rings. The Morgan fingerprint density at radius 3 is 2.69 bits per heavy atom. The molecule has 0 aromatic carbocycles. The first-order valence-corrected chi connectivity index (χ1v) is 3.37. The molecule has 0 saturated heterocycles. The molecule has 1 aliphatic heterocycles. The highest BCUT2D eigenvalue weighted by Crippen LogP contribution is 2.28. The molecule has 74 valence electrons. The number of pyridine rings is 1. The summed E-state index contributed by atoms with van der Waals surface area (Å²) in [6.07, 6.45) is 1.55. The van der Waals surface area contributed by atoms with Crippen molar-refractivity contribution >= 4 is 30.5 Å². The number of ether oxygens (including phenoxy) is 2. The van der Waals surface area contributed by atoms with Crippen LogP contribution < -0.4 is 15.2 Å². The van der Waals surface area contributed by atoms with Crippen LogP contribution in [-0.2, 0) is 0 Å². The van der Waals surface area contributed by atoms with Crippen LogP contribution in [0.2, 0.25) is 0 Å². The van der Waals surface area contributed by atoms with Crippen molar-refractivity contribution in [2.24, 2.45) is 0 Å². The van der Waals surface area contributed by atoms with Crippen molar-refractivity contribution in [1.82, 2.24) is 4.98 Å². The third-order valence-electron chi connectivity index (χ3n) is 1.42. The zero-order valence-corrected chi connectivity index (χ0v) is 8.36. The molecule has 2 rings (SSSR count). The molecule has 13 heavy (non-hydrogen) atoms. The molecule has 2 heterocycles. The Morgan fingerprint density at radius 1 is 1.23 bits per heavy atom. The van der Waals surface area contributed by atoms with Crippen LogP contribution in [0.5, 0.6) is 11.6 Å². The van der Waals surface area contributed by atoms with E-state index in [1.807, 2.05) is 0 Å². The second-order valence-electron chi connectivity index (χ2n) is 2.27. The van der Waals surface area contributed by atoms with Crippen LogP contribution in [0.4, 0.5) is 5.69 Å². The number of halogens is 2. The molecule has 0 atom stereocenters. The molecule has 2 N–H and O–H groups in total. The Balaban J connectivity index is 0.000000720. The summed E-state index contributed by atoms with van der Waals surface area (Å²) in [5.41, 5.74) is 6.08. The Kier molecular flexibility index (Phi) is 4.66. The highest BCUT2D eigenvalue weighted by Gasteiger charge is 2.11. The number of nitrogen functional groups attached to an aromatic ring is 1. The van der Waals surface area contributed by atoms with Gasteiger partial charge < -0.3 is 15.2 Å². The van der Waals surface area contributed by atoms with Crippen LogP contribution in [0.15, 0.2) is 12.3 Å². The Bertz CT molecular complexity index is 283. The molecule has 4 nitrogen and oxygen atoms in total. The van der Waals surface area contributed by atoms with Gasteiger partial charge in [0.25, 0.3) is 5.88 Å². The third-order valence-corrected chi connectivity index (χ3v) is 1.42. The van der Waals surface area contributed by atoms with E-state index in [1.54, 1.807) is 12.3 Å². The predicted octanol–water partition coefficient (Wildman–Crippen LogP) is 1.28. The highest BCUT2D eigenvalue weighted by atomic mass is 35.5. The van der Waals surface area contributed by atoms with E-state index in [0.717, 1.165) is 0 Å². The van der Waals surface area contributed by atoms with Gasteiger partial charge in [0, 0.05) is 6.07 Å². The molecule has 0 aliphatic carbocycles. The number of anilines is 1. The van der Waals surface area contributed by atoms with Crippen LogP contribution >= 0.6 is 24.8 Å². The lowest BCUT2D eigenvalue weighted by Gasteiger charge is -2.16. The molecule has 0 bridgehead atoms. The minimum atomic E-state index is 0. The molecular formula is C7H10Cl2N2O2. The summed E-state index contributed by atoms with van der Waals surface area (Å²) in [6, 6.07) is 1.71. The van der Waals surface area contributed by atoms with Crippen molar-refractivity contribution in [1.29, 1.82) is 0 Å². The van der Waals surface area contributed by atoms with Crippen LogP contribution in [0.25, 0.3) is 0 Å². The lowest BCUT2D eigenvalue weighted by atomic mass is 10.4. The summed E-state index contributed by atoms with van der Waals surface area (Å²) in [6.45, 7) is 1.13. The van der Waals surface area contributed by atoms with E-state index in [0.29, 0.717) is 30.5 Å². The van der Waals surface area contributed by atoms with Gasteiger partial charge >= 0.3 is 0 Å². The maximum absolute atomic E-state index is 5.48. The van der Waals surface area contributed by atoms with E-state index in [-0.39, 0.29) is 24.8 Å². The molecule has 6 heteroatoms. The SMILES string of the molecule is Cl.Cl.Nc1cnc2c(c1)OCCO2. The van der Waals surface area contributed by atoms with Crippen molar-refractivity contribution in [3.05, 3.63) is 12.3 Å². The molecule has 1 aromatic heterocycles. The summed E-state index contributed by atoms with van der Waals surface area (Å²) >= 11 is 0. The minimum Gasteiger partial charge on any atom is -0.484 e. The van der Waals surface area contributed by atoms with Gasteiger partial charge in [-0.15, -0.1) is 24.8 Å². The predicted molar refractivity (Wildman–Crippen MR) is 54.1 cm³/mol. The number of hydrogen-bond donors (Lipinski definition) is 1. The van der Waals surface area contributed by atoms with E-state index >= 15 is 0 Å². The van der Waals surface area contributed by atoms with Crippen LogP contribution in [-0.4, -0.2) is 18.2 Å². The normalized spacial score (nSPS) is 12.3. The summed E-state index contributed by atoms with van der Waals surface area (Å²) in [5.74, 6) is 1.17. The second kappa shape index (κ2) is 4.99. The Hall–Kier alpha value is -0.870. The Labute approximate surface area is 88.2 Å². The van der Waals surface area contributed by atoms with E-state index in [2.05, 4.69) is 4.98 Å². The quantitative estimate of drug-likeness (QED) is 0.722. The van der Waals surface area contributed by atoms with Gasteiger partial charge in [-0.2, -0.15) is 0 Å². The van der Waals surface area contributed by atoms with Gasteiger partial charge in [0.05, 0.1) is 11.9 Å². The third kappa shape index (κ3) is 2.54. The zero-order chi connectivity index (χ0) is 7.68. The van der Waals surface area contributed by atoms with E-state index in [1.165, 1.54) is 0 Å². The largest absolute Gasteiger partial charge is 0.484 e. The second-order valence-corrected chi connectivity index (χ2v) is 2.27. The van der Waals surface area contributed by atoms with E-state index < -0.39 is 0 Å². The number of rotatable bonds is 0. The maximum Gasteiger partial charge on any atom is 0.257 e. The molecular weight excluding hydrogens is 215 g/mol. The lowest BCUT2D eigenvalue weighted by Crippen LogP contribution is -2.16. The number of hydrogen-bond acceptors (Lipinski definition) is 4. The van der Waals surface area contributed by atoms with Crippen molar-refractivity contribution in [2.45, 2.75) is 0 Å². The molecule has 0 spiro atoms. The van der Waals surface area contributed by atoms with Gasteiger partial charge in [-0.1, -0.05) is 0 Å². The monoisotopic (exact) mass is 224 g/mol. The molecule has 0 unspecified atom stereocenters. The fourth-order valence-electron chi connectivity index (χ4n) is 0.949. The van der Waals surface area contributed by atoms with Crippen LogP contribution in [0.3, 0.4) is 0 Å². The molecule has 0 fully saturated rings. The van der Waals surface area contributed by atoms with E-state index in [9.17, 15) is 0 Å². The molecule has 0 saturated carbocycles. The summed E-state index contributed by atoms with van der Waals surface area (Å²) in [5, 5.41) is 0. The van der Waals surface area contributed by atoms with Gasteiger partial charge in [-0.25, -0.2) is 4.98 Å². The Morgan fingerprint density at radius 2 is 1.92 bits per heavy atom. The van der Waals surface area contributed by atoms with Crippen molar-refractivity contribution in [3.8, 4) is 11.6 Å². The van der Waals surface area contributed by atoms with Gasteiger partial charge in [0.1, 0.15) is 13.2 Å². The summed E-state index contributed by atoms with van der Waals surface area (Å²) in [7, 11) is 0. The number of nitrogens with two attached hydrogens (primary N) is 1. The topological polar surface area (TPSA) is 57.4 Å². The van der Waals surface area contributed by atoms with Crippen LogP contribution in [0.1, 0.15) is 0 Å². The highest BCUT2D eigenvalue weighted by molar-refractivity contribution is 5.85. The lowest BCUT2D eigenvalue weighted by molar-refractivity contribution is 0.164. The standard InChI is InChI=1S/C7H8N2O2.2ClH/c8-5-3-6-7(9-4-5)11-2-1-10-6;;/h3-4H,1-2,8H2;2*1H. The first-order valence-electron chi connectivity index (χ1n) is 3.37. The maximum atomic E-state index is 5.48. The van der Waals surface area contributed by atoms with Crippen molar-refractivity contribution in [3.63, 3.8) is 0 Å². The zero-order valence-electron chi connectivity index (χ0n) is 6.73. The number of fused-ring (bicyclic) bond motifs is 1. The fraction of sp³-hybridized carbons (Fsp3) is 0.286. The van der Waals surface area contributed by atoms with Gasteiger partial charge in [-0.05, 0) is 0 Å². The number of aromatic nitrogens is 1. The number of nitrogens with zero attached hydrogens (tertiary/aromatic N) is 1. The van der Waals surface area contributed by atoms with Gasteiger partial charge in [-0.3, -0.25) is 0 Å². The molecule has 0 radical (unpaired) electrons. The van der Waals surface area contributed by atoms with E-state index in [4.69, 9.17) is 15.2 Å². The average molecular weight is 225 g/mol. The first-order chi connectivity index (χ1) is 5.36. The molecule has 0 amide bonds. The minimum absolute atomic E-state index is 0. The van der Waals surface area contributed by atoms with Crippen molar-refractivity contribution in [2.75, 3.05) is 18.9 Å². The van der Waals surface area contributed by atoms with Gasteiger partial charge in [0.2, 0.25) is 0 Å². The first kappa shape index (κ1) is 12.1. The van der Waals surface area contributed by atoms with Gasteiger partial charge in [0.15, 0.2) is 5.75 Å².